The SMILES string of the molecule is CCCN(CCC)CCOc1ccc(CNC(C)C)cc1. The van der Waals surface area contributed by atoms with Crippen molar-refractivity contribution in [3.8, 4) is 5.75 Å². The van der Waals surface area contributed by atoms with Crippen LogP contribution in [0, 0.1) is 0 Å². The van der Waals surface area contributed by atoms with Gasteiger partial charge in [0.2, 0.25) is 0 Å². The third kappa shape index (κ3) is 8.08. The third-order valence-electron chi connectivity index (χ3n) is 3.39. The highest BCUT2D eigenvalue weighted by Crippen LogP contribution is 2.12. The first-order chi connectivity index (χ1) is 10.2. The van der Waals surface area contributed by atoms with Crippen molar-refractivity contribution < 1.29 is 4.74 Å². The Labute approximate surface area is 130 Å². The van der Waals surface area contributed by atoms with E-state index < -0.39 is 0 Å². The van der Waals surface area contributed by atoms with E-state index in [4.69, 9.17) is 4.74 Å². The highest BCUT2D eigenvalue weighted by atomic mass is 16.5. The predicted molar refractivity (Wildman–Crippen MR) is 90.9 cm³/mol. The zero-order valence-electron chi connectivity index (χ0n) is 14.2. The monoisotopic (exact) mass is 292 g/mol. The summed E-state index contributed by atoms with van der Waals surface area (Å²) >= 11 is 0. The highest BCUT2D eigenvalue weighted by Gasteiger charge is 2.03. The van der Waals surface area contributed by atoms with Crippen molar-refractivity contribution >= 4 is 0 Å². The summed E-state index contributed by atoms with van der Waals surface area (Å²) in [6.07, 6.45) is 2.41. The smallest absolute Gasteiger partial charge is 0.119 e. The molecule has 3 heteroatoms. The Hall–Kier alpha value is -1.06. The highest BCUT2D eigenvalue weighted by molar-refractivity contribution is 5.27. The summed E-state index contributed by atoms with van der Waals surface area (Å²) in [4.78, 5) is 2.47. The van der Waals surface area contributed by atoms with Crippen LogP contribution in [0.3, 0.4) is 0 Å². The van der Waals surface area contributed by atoms with Gasteiger partial charge in [-0.2, -0.15) is 0 Å². The summed E-state index contributed by atoms with van der Waals surface area (Å²) in [7, 11) is 0. The summed E-state index contributed by atoms with van der Waals surface area (Å²) in [5, 5.41) is 3.42. The summed E-state index contributed by atoms with van der Waals surface area (Å²) in [6.45, 7) is 13.8. The van der Waals surface area contributed by atoms with Crippen molar-refractivity contribution in [1.82, 2.24) is 10.2 Å². The Morgan fingerprint density at radius 1 is 1.00 bits per heavy atom. The molecule has 0 radical (unpaired) electrons. The fraction of sp³-hybridized carbons (Fsp3) is 0.667. The van der Waals surface area contributed by atoms with E-state index in [-0.39, 0.29) is 0 Å². The van der Waals surface area contributed by atoms with E-state index in [0.717, 1.165) is 38.5 Å². The molecule has 1 aromatic rings. The molecule has 0 aliphatic carbocycles. The second-order valence-electron chi connectivity index (χ2n) is 5.87. The standard InChI is InChI=1S/C18H32N2O/c1-5-11-20(12-6-2)13-14-21-18-9-7-17(8-10-18)15-19-16(3)4/h7-10,16,19H,5-6,11-15H2,1-4H3. The second kappa shape index (κ2) is 10.6. The Balaban J connectivity index is 2.31. The lowest BCUT2D eigenvalue weighted by Gasteiger charge is -2.20. The molecule has 0 atom stereocenters. The van der Waals surface area contributed by atoms with Crippen molar-refractivity contribution in [2.75, 3.05) is 26.2 Å². The first-order valence-electron chi connectivity index (χ1n) is 8.33. The topological polar surface area (TPSA) is 24.5 Å². The molecular weight excluding hydrogens is 260 g/mol. The van der Waals surface area contributed by atoms with E-state index in [0.29, 0.717) is 6.04 Å². The van der Waals surface area contributed by atoms with E-state index in [9.17, 15) is 0 Å². The maximum absolute atomic E-state index is 5.85. The normalized spacial score (nSPS) is 11.3. The van der Waals surface area contributed by atoms with Crippen LogP contribution in [0.2, 0.25) is 0 Å². The lowest BCUT2D eigenvalue weighted by molar-refractivity contribution is 0.209. The van der Waals surface area contributed by atoms with E-state index in [1.165, 1.54) is 18.4 Å². The van der Waals surface area contributed by atoms with Gasteiger partial charge >= 0.3 is 0 Å². The molecule has 0 saturated heterocycles. The summed E-state index contributed by atoms with van der Waals surface area (Å²) in [6, 6.07) is 8.94. The molecule has 1 aromatic carbocycles. The average molecular weight is 292 g/mol. The molecule has 0 saturated carbocycles. The minimum absolute atomic E-state index is 0.518. The number of rotatable bonds is 11. The summed E-state index contributed by atoms with van der Waals surface area (Å²) in [5.74, 6) is 0.969. The number of benzene rings is 1. The van der Waals surface area contributed by atoms with Gasteiger partial charge in [-0.25, -0.2) is 0 Å². The molecule has 1 N–H and O–H groups in total. The van der Waals surface area contributed by atoms with Crippen LogP contribution in [0.25, 0.3) is 0 Å². The van der Waals surface area contributed by atoms with Gasteiger partial charge in [0.15, 0.2) is 0 Å². The van der Waals surface area contributed by atoms with Crippen LogP contribution in [0.5, 0.6) is 5.75 Å². The zero-order chi connectivity index (χ0) is 15.5. The Morgan fingerprint density at radius 3 is 2.14 bits per heavy atom. The summed E-state index contributed by atoms with van der Waals surface area (Å²) < 4.78 is 5.85. The lowest BCUT2D eigenvalue weighted by Crippen LogP contribution is -2.30. The molecule has 0 heterocycles. The second-order valence-corrected chi connectivity index (χ2v) is 5.87. The van der Waals surface area contributed by atoms with Gasteiger partial charge in [-0.05, 0) is 43.6 Å². The van der Waals surface area contributed by atoms with Gasteiger partial charge in [0.1, 0.15) is 12.4 Å². The molecule has 3 nitrogen and oxygen atoms in total. The molecule has 0 aliphatic rings. The lowest BCUT2D eigenvalue weighted by atomic mass is 10.2. The van der Waals surface area contributed by atoms with Crippen LogP contribution < -0.4 is 10.1 Å². The van der Waals surface area contributed by atoms with Crippen molar-refractivity contribution in [3.63, 3.8) is 0 Å². The third-order valence-corrected chi connectivity index (χ3v) is 3.39. The number of hydrogen-bond acceptors (Lipinski definition) is 3. The molecule has 0 fully saturated rings. The number of nitrogens with zero attached hydrogens (tertiary/aromatic N) is 1. The molecule has 0 amide bonds. The van der Waals surface area contributed by atoms with Crippen LogP contribution in [-0.2, 0) is 6.54 Å². The molecule has 21 heavy (non-hydrogen) atoms. The van der Waals surface area contributed by atoms with Crippen LogP contribution in [0.4, 0.5) is 0 Å². The number of hydrogen-bond donors (Lipinski definition) is 1. The first kappa shape index (κ1) is 18.0. The van der Waals surface area contributed by atoms with E-state index in [1.807, 2.05) is 0 Å². The van der Waals surface area contributed by atoms with Crippen molar-refractivity contribution in [1.29, 1.82) is 0 Å². The maximum atomic E-state index is 5.85. The first-order valence-corrected chi connectivity index (χ1v) is 8.33. The molecule has 120 valence electrons. The maximum Gasteiger partial charge on any atom is 0.119 e. The number of nitrogens with one attached hydrogen (secondary N) is 1. The fourth-order valence-corrected chi connectivity index (χ4v) is 2.29. The quantitative estimate of drug-likeness (QED) is 0.673. The molecule has 0 spiro atoms. The van der Waals surface area contributed by atoms with Crippen LogP contribution >= 0.6 is 0 Å². The average Bonchev–Trinajstić information content (AvgIpc) is 2.47. The molecular formula is C18H32N2O. The van der Waals surface area contributed by atoms with Crippen molar-refractivity contribution in [2.45, 2.75) is 53.1 Å². The van der Waals surface area contributed by atoms with E-state index >= 15 is 0 Å². The fourth-order valence-electron chi connectivity index (χ4n) is 2.29. The minimum atomic E-state index is 0.518. The molecule has 1 rings (SSSR count). The number of ether oxygens (including phenoxy) is 1. The van der Waals surface area contributed by atoms with Gasteiger partial charge < -0.3 is 10.1 Å². The van der Waals surface area contributed by atoms with Crippen molar-refractivity contribution in [3.05, 3.63) is 29.8 Å². The Morgan fingerprint density at radius 2 is 1.62 bits per heavy atom. The summed E-state index contributed by atoms with van der Waals surface area (Å²) in [5.41, 5.74) is 1.30. The van der Waals surface area contributed by atoms with Crippen molar-refractivity contribution in [2.24, 2.45) is 0 Å². The zero-order valence-corrected chi connectivity index (χ0v) is 14.2. The molecule has 0 bridgehead atoms. The van der Waals surface area contributed by atoms with Gasteiger partial charge in [0.25, 0.3) is 0 Å². The molecule has 0 aromatic heterocycles. The molecule has 0 unspecified atom stereocenters. The largest absolute Gasteiger partial charge is 0.492 e. The Kier molecular flexibility index (Phi) is 9.11. The molecule has 0 aliphatic heterocycles. The van der Waals surface area contributed by atoms with Crippen LogP contribution in [-0.4, -0.2) is 37.2 Å². The predicted octanol–water partition coefficient (Wildman–Crippen LogP) is 3.69. The van der Waals surface area contributed by atoms with E-state index in [2.05, 4.69) is 62.2 Å². The van der Waals surface area contributed by atoms with Gasteiger partial charge in [0.05, 0.1) is 0 Å². The van der Waals surface area contributed by atoms with Gasteiger partial charge in [-0.3, -0.25) is 4.90 Å². The van der Waals surface area contributed by atoms with Crippen LogP contribution in [0.1, 0.15) is 46.1 Å². The van der Waals surface area contributed by atoms with Crippen LogP contribution in [0.15, 0.2) is 24.3 Å². The Bertz CT molecular complexity index is 356. The van der Waals surface area contributed by atoms with Gasteiger partial charge in [-0.1, -0.05) is 39.8 Å². The van der Waals surface area contributed by atoms with Gasteiger partial charge in [0, 0.05) is 19.1 Å². The van der Waals surface area contributed by atoms with Gasteiger partial charge in [-0.15, -0.1) is 0 Å². The van der Waals surface area contributed by atoms with E-state index in [1.54, 1.807) is 0 Å². The minimum Gasteiger partial charge on any atom is -0.492 e.